The van der Waals surface area contributed by atoms with Crippen molar-refractivity contribution in [1.82, 2.24) is 0 Å². The minimum atomic E-state index is 0.721. The minimum Gasteiger partial charge on any atom is -0.333 e. The zero-order valence-electron chi connectivity index (χ0n) is 24.7. The predicted molar refractivity (Wildman–Crippen MR) is 192 cm³/mol. The average Bonchev–Trinajstić information content (AvgIpc) is 3.06. The van der Waals surface area contributed by atoms with Crippen LogP contribution in [0.4, 0.5) is 0 Å². The molecule has 5 aromatic carbocycles. The lowest BCUT2D eigenvalue weighted by Crippen LogP contribution is -1.97. The van der Waals surface area contributed by atoms with Crippen molar-refractivity contribution in [2.75, 3.05) is 13.3 Å². The van der Waals surface area contributed by atoms with Crippen LogP contribution in [-0.4, -0.2) is 13.3 Å². The van der Waals surface area contributed by atoms with Crippen molar-refractivity contribution in [3.63, 3.8) is 0 Å². The molecular weight excluding hydrogens is 535 g/mol. The van der Waals surface area contributed by atoms with Crippen LogP contribution in [0.1, 0.15) is 36.1 Å². The van der Waals surface area contributed by atoms with Gasteiger partial charge in [0.1, 0.15) is 0 Å². The molecule has 0 spiro atoms. The first kappa shape index (κ1) is 32.0. The zero-order chi connectivity index (χ0) is 29.8. The van der Waals surface area contributed by atoms with E-state index in [1.807, 2.05) is 37.8 Å². The summed E-state index contributed by atoms with van der Waals surface area (Å²) >= 11 is 6.29. The minimum absolute atomic E-state index is 0.721. The Morgan fingerprint density at radius 2 is 1.12 bits per heavy atom. The standard InChI is InChI=1S/C35H30S2.C2H6.CH5N/c1-4-30-31(5-2)35(28-17-13-25(14-18-28)23-37-3)33-21-29(26-9-7-6-8-10-26)19-20-32(33)34(30)27-15-11-24(22-36)12-16-27;2*1-2/h4-21,36H,1-2,22-23H2,3H3;1-2H3;2H2,1H3. The highest BCUT2D eigenvalue weighted by Gasteiger charge is 2.19. The van der Waals surface area contributed by atoms with E-state index < -0.39 is 0 Å². The van der Waals surface area contributed by atoms with Gasteiger partial charge in [0.2, 0.25) is 0 Å². The van der Waals surface area contributed by atoms with Crippen molar-refractivity contribution in [3.8, 4) is 33.4 Å². The molecule has 210 valence electrons. The number of thiol groups is 1. The van der Waals surface area contributed by atoms with E-state index in [4.69, 9.17) is 0 Å². The van der Waals surface area contributed by atoms with E-state index in [9.17, 15) is 0 Å². The fraction of sp³-hybridized carbons (Fsp3) is 0.158. The summed E-state index contributed by atoms with van der Waals surface area (Å²) in [5.74, 6) is 1.73. The maximum absolute atomic E-state index is 4.50. The van der Waals surface area contributed by atoms with Crippen LogP contribution in [0.3, 0.4) is 0 Å². The Labute approximate surface area is 256 Å². The quantitative estimate of drug-likeness (QED) is 0.180. The molecule has 0 unspecified atom stereocenters. The molecule has 0 heterocycles. The number of benzene rings is 5. The highest BCUT2D eigenvalue weighted by atomic mass is 32.2. The molecule has 0 fully saturated rings. The summed E-state index contributed by atoms with van der Waals surface area (Å²) in [6.07, 6.45) is 6.11. The van der Waals surface area contributed by atoms with Gasteiger partial charge in [-0.3, -0.25) is 0 Å². The molecule has 0 atom stereocenters. The van der Waals surface area contributed by atoms with Gasteiger partial charge in [0.25, 0.3) is 0 Å². The van der Waals surface area contributed by atoms with Gasteiger partial charge >= 0.3 is 0 Å². The number of rotatable bonds is 8. The summed E-state index contributed by atoms with van der Waals surface area (Å²) in [5, 5.41) is 2.43. The van der Waals surface area contributed by atoms with E-state index >= 15 is 0 Å². The second-order valence-corrected chi connectivity index (χ2v) is 10.3. The molecule has 5 aromatic rings. The van der Waals surface area contributed by atoms with E-state index in [0.29, 0.717) is 0 Å². The van der Waals surface area contributed by atoms with Crippen molar-refractivity contribution in [2.24, 2.45) is 5.73 Å². The molecule has 2 N–H and O–H groups in total. The summed E-state index contributed by atoms with van der Waals surface area (Å²) in [6.45, 7) is 12.5. The lowest BCUT2D eigenvalue weighted by Gasteiger charge is -2.21. The Hall–Kier alpha value is -3.50. The van der Waals surface area contributed by atoms with E-state index in [-0.39, 0.29) is 0 Å². The molecule has 0 saturated heterocycles. The monoisotopic (exact) mass is 575 g/mol. The van der Waals surface area contributed by atoms with Crippen LogP contribution in [0.5, 0.6) is 0 Å². The first-order valence-electron chi connectivity index (χ1n) is 14.0. The molecule has 1 nitrogen and oxygen atoms in total. The highest BCUT2D eigenvalue weighted by Crippen LogP contribution is 2.44. The van der Waals surface area contributed by atoms with Crippen LogP contribution < -0.4 is 5.73 Å². The van der Waals surface area contributed by atoms with Gasteiger partial charge in [0.15, 0.2) is 0 Å². The van der Waals surface area contributed by atoms with Crippen LogP contribution in [-0.2, 0) is 11.5 Å². The third-order valence-corrected chi connectivity index (χ3v) is 7.87. The summed E-state index contributed by atoms with van der Waals surface area (Å²) in [6, 6.07) is 35.1. The van der Waals surface area contributed by atoms with E-state index in [1.165, 1.54) is 62.3 Å². The number of hydrogen-bond acceptors (Lipinski definition) is 3. The van der Waals surface area contributed by atoms with Crippen molar-refractivity contribution >= 4 is 47.3 Å². The Balaban J connectivity index is 0.00000111. The zero-order valence-corrected chi connectivity index (χ0v) is 26.4. The maximum Gasteiger partial charge on any atom is 0.0181 e. The van der Waals surface area contributed by atoms with Gasteiger partial charge in [-0.05, 0) is 85.8 Å². The Morgan fingerprint density at radius 1 is 0.634 bits per heavy atom. The first-order valence-corrected chi connectivity index (χ1v) is 16.0. The third kappa shape index (κ3) is 7.05. The number of fused-ring (bicyclic) bond motifs is 1. The van der Waals surface area contributed by atoms with Crippen LogP contribution >= 0.6 is 24.4 Å². The second-order valence-electron chi connectivity index (χ2n) is 9.10. The van der Waals surface area contributed by atoms with Gasteiger partial charge in [0.05, 0.1) is 0 Å². The molecule has 0 aliphatic rings. The topological polar surface area (TPSA) is 26.0 Å². The van der Waals surface area contributed by atoms with Crippen molar-refractivity contribution in [3.05, 3.63) is 132 Å². The van der Waals surface area contributed by atoms with Gasteiger partial charge in [-0.1, -0.05) is 130 Å². The molecule has 5 rings (SSSR count). The molecule has 0 aromatic heterocycles. The van der Waals surface area contributed by atoms with Gasteiger partial charge in [0, 0.05) is 11.5 Å². The Bertz CT molecular complexity index is 1570. The van der Waals surface area contributed by atoms with E-state index in [2.05, 4.69) is 135 Å². The third-order valence-electron chi connectivity index (χ3n) is 6.88. The largest absolute Gasteiger partial charge is 0.333 e. The molecule has 0 bridgehead atoms. The average molecular weight is 576 g/mol. The smallest absolute Gasteiger partial charge is 0.0181 e. The van der Waals surface area contributed by atoms with Gasteiger partial charge in [-0.15, -0.1) is 0 Å². The van der Waals surface area contributed by atoms with Crippen molar-refractivity contribution in [1.29, 1.82) is 0 Å². The molecule has 0 amide bonds. The Kier molecular flexibility index (Phi) is 12.6. The molecule has 41 heavy (non-hydrogen) atoms. The van der Waals surface area contributed by atoms with Crippen LogP contribution in [0.2, 0.25) is 0 Å². The summed E-state index contributed by atoms with van der Waals surface area (Å²) in [5.41, 5.74) is 16.4. The first-order chi connectivity index (χ1) is 20.2. The molecular formula is C38H41NS2. The highest BCUT2D eigenvalue weighted by molar-refractivity contribution is 7.97. The van der Waals surface area contributed by atoms with Crippen LogP contribution in [0, 0.1) is 0 Å². The molecule has 0 aliphatic heterocycles. The lowest BCUT2D eigenvalue weighted by molar-refractivity contribution is 1.42. The van der Waals surface area contributed by atoms with Gasteiger partial charge < -0.3 is 5.73 Å². The summed E-state index contributed by atoms with van der Waals surface area (Å²) in [7, 11) is 1.50. The summed E-state index contributed by atoms with van der Waals surface area (Å²) in [4.78, 5) is 0. The van der Waals surface area contributed by atoms with E-state index in [1.54, 1.807) is 0 Å². The predicted octanol–water partition coefficient (Wildman–Crippen LogP) is 11.0. The van der Waals surface area contributed by atoms with Gasteiger partial charge in [-0.2, -0.15) is 24.4 Å². The SMILES string of the molecule is C=Cc1c(C=C)c(-c2ccc(CSC)cc2)c2cc(-c3ccccc3)ccc2c1-c1ccc(CS)cc1.CC.CN. The van der Waals surface area contributed by atoms with Crippen LogP contribution in [0.15, 0.2) is 110 Å². The lowest BCUT2D eigenvalue weighted by atomic mass is 9.82. The number of nitrogens with two attached hydrogens (primary N) is 1. The fourth-order valence-corrected chi connectivity index (χ4v) is 5.83. The number of hydrogen-bond donors (Lipinski definition) is 2. The summed E-state index contributed by atoms with van der Waals surface area (Å²) < 4.78 is 0. The second kappa shape index (κ2) is 16.1. The molecule has 3 heteroatoms. The fourth-order valence-electron chi connectivity index (χ4n) is 5.10. The number of thioether (sulfide) groups is 1. The maximum atomic E-state index is 4.50. The van der Waals surface area contributed by atoms with Crippen molar-refractivity contribution < 1.29 is 0 Å². The molecule has 0 saturated carbocycles. The normalized spacial score (nSPS) is 10.2. The van der Waals surface area contributed by atoms with Crippen LogP contribution in [0.25, 0.3) is 56.3 Å². The van der Waals surface area contributed by atoms with Gasteiger partial charge in [-0.25, -0.2) is 0 Å². The van der Waals surface area contributed by atoms with Crippen molar-refractivity contribution in [2.45, 2.75) is 25.4 Å². The van der Waals surface area contributed by atoms with E-state index in [0.717, 1.165) is 22.6 Å². The Morgan fingerprint density at radius 3 is 1.61 bits per heavy atom. The molecule has 0 aliphatic carbocycles. The molecule has 0 radical (unpaired) electrons.